The van der Waals surface area contributed by atoms with Crippen molar-refractivity contribution in [2.45, 2.75) is 12.0 Å². The van der Waals surface area contributed by atoms with Crippen LogP contribution >= 0.6 is 0 Å². The van der Waals surface area contributed by atoms with E-state index < -0.39 is 22.2 Å². The van der Waals surface area contributed by atoms with Crippen molar-refractivity contribution >= 4 is 28.7 Å². The fourth-order valence-electron chi connectivity index (χ4n) is 3.69. The summed E-state index contributed by atoms with van der Waals surface area (Å²) in [6.07, 6.45) is 2.36. The van der Waals surface area contributed by atoms with Crippen LogP contribution in [-0.4, -0.2) is 29.3 Å². The maximum atomic E-state index is 13.3. The van der Waals surface area contributed by atoms with Crippen LogP contribution in [0.5, 0.6) is 0 Å². The maximum absolute atomic E-state index is 13.3. The monoisotopic (exact) mass is 350 g/mol. The highest BCUT2D eigenvalue weighted by atomic mass is 16.6. The Balaban J connectivity index is 1.94. The van der Waals surface area contributed by atoms with Gasteiger partial charge in [-0.15, -0.1) is 0 Å². The van der Waals surface area contributed by atoms with E-state index in [0.717, 1.165) is 11.1 Å². The molecule has 0 spiro atoms. The second-order valence-electron chi connectivity index (χ2n) is 6.13. The second kappa shape index (κ2) is 5.52. The minimum absolute atomic E-state index is 0.0400. The predicted molar refractivity (Wildman–Crippen MR) is 93.9 cm³/mol. The SMILES string of the molecule is COC(=O)C1(C2=CCc3ccccc32)Nc2c(cccc2[N+](=O)[O-])C1=O. The number of nitrogens with one attached hydrogen (secondary N) is 1. The highest BCUT2D eigenvalue weighted by Gasteiger charge is 2.58. The number of carbonyl (C=O) groups is 2. The Hall–Kier alpha value is -3.48. The highest BCUT2D eigenvalue weighted by Crippen LogP contribution is 2.47. The molecule has 2 aromatic rings. The number of esters is 1. The van der Waals surface area contributed by atoms with Crippen molar-refractivity contribution in [3.05, 3.63) is 75.3 Å². The van der Waals surface area contributed by atoms with E-state index in [2.05, 4.69) is 5.32 Å². The number of nitrogens with zero attached hydrogens (tertiary/aromatic N) is 1. The van der Waals surface area contributed by atoms with Crippen LogP contribution < -0.4 is 5.32 Å². The van der Waals surface area contributed by atoms with Crippen LogP contribution in [0.1, 0.15) is 21.5 Å². The first-order valence-electron chi connectivity index (χ1n) is 7.98. The molecule has 2 aliphatic rings. The van der Waals surface area contributed by atoms with Gasteiger partial charge in [0.25, 0.3) is 5.69 Å². The van der Waals surface area contributed by atoms with Gasteiger partial charge >= 0.3 is 5.97 Å². The van der Waals surface area contributed by atoms with Gasteiger partial charge in [0.05, 0.1) is 17.6 Å². The van der Waals surface area contributed by atoms with Crippen LogP contribution in [0.15, 0.2) is 48.5 Å². The molecule has 7 heteroatoms. The molecule has 26 heavy (non-hydrogen) atoms. The number of rotatable bonds is 3. The van der Waals surface area contributed by atoms with Crippen LogP contribution in [0.25, 0.3) is 5.57 Å². The van der Waals surface area contributed by atoms with Crippen LogP contribution in [0, 0.1) is 10.1 Å². The topological polar surface area (TPSA) is 98.5 Å². The van der Waals surface area contributed by atoms with Gasteiger partial charge < -0.3 is 10.1 Å². The zero-order valence-corrected chi connectivity index (χ0v) is 13.8. The quantitative estimate of drug-likeness (QED) is 0.395. The zero-order chi connectivity index (χ0) is 18.5. The Morgan fingerprint density at radius 1 is 1.19 bits per heavy atom. The molecule has 0 aromatic heterocycles. The largest absolute Gasteiger partial charge is 0.467 e. The number of Topliss-reactive ketones (excluding diaryl/α,β-unsaturated/α-hetero) is 1. The lowest BCUT2D eigenvalue weighted by atomic mass is 9.82. The van der Waals surface area contributed by atoms with Crippen LogP contribution in [0.2, 0.25) is 0 Å². The van der Waals surface area contributed by atoms with Gasteiger partial charge in [0.15, 0.2) is 0 Å². The number of ketones is 1. The molecule has 0 saturated heterocycles. The molecule has 130 valence electrons. The third-order valence-electron chi connectivity index (χ3n) is 4.87. The number of methoxy groups -OCH3 is 1. The van der Waals surface area contributed by atoms with E-state index in [1.54, 1.807) is 6.08 Å². The van der Waals surface area contributed by atoms with Crippen molar-refractivity contribution in [2.75, 3.05) is 12.4 Å². The molecule has 1 atom stereocenters. The van der Waals surface area contributed by atoms with Crippen molar-refractivity contribution in [3.63, 3.8) is 0 Å². The summed E-state index contributed by atoms with van der Waals surface area (Å²) in [7, 11) is 1.19. The summed E-state index contributed by atoms with van der Waals surface area (Å²) < 4.78 is 4.93. The summed E-state index contributed by atoms with van der Waals surface area (Å²) in [5.74, 6) is -1.35. The lowest BCUT2D eigenvalue weighted by Gasteiger charge is -2.27. The molecule has 0 bridgehead atoms. The Bertz CT molecular complexity index is 1010. The molecular weight excluding hydrogens is 336 g/mol. The summed E-state index contributed by atoms with van der Waals surface area (Å²) in [5.41, 5.74) is 0.271. The number of hydrogen-bond acceptors (Lipinski definition) is 6. The number of anilines is 1. The van der Waals surface area contributed by atoms with E-state index in [9.17, 15) is 19.7 Å². The fraction of sp³-hybridized carbons (Fsp3) is 0.158. The van der Waals surface area contributed by atoms with E-state index in [1.807, 2.05) is 24.3 Å². The summed E-state index contributed by atoms with van der Waals surface area (Å²) in [6.45, 7) is 0. The van der Waals surface area contributed by atoms with Crippen LogP contribution in [0.4, 0.5) is 11.4 Å². The highest BCUT2D eigenvalue weighted by molar-refractivity contribution is 6.33. The number of ether oxygens (including phenoxy) is 1. The molecule has 7 nitrogen and oxygen atoms in total. The fourth-order valence-corrected chi connectivity index (χ4v) is 3.69. The van der Waals surface area contributed by atoms with E-state index >= 15 is 0 Å². The average Bonchev–Trinajstić information content (AvgIpc) is 3.21. The molecule has 0 radical (unpaired) electrons. The van der Waals surface area contributed by atoms with Gasteiger partial charge in [-0.3, -0.25) is 14.9 Å². The molecular formula is C19H14N2O5. The zero-order valence-electron chi connectivity index (χ0n) is 13.8. The Morgan fingerprint density at radius 3 is 2.65 bits per heavy atom. The van der Waals surface area contributed by atoms with Crippen molar-refractivity contribution < 1.29 is 19.2 Å². The van der Waals surface area contributed by atoms with Gasteiger partial charge in [-0.25, -0.2) is 4.79 Å². The lowest BCUT2D eigenvalue weighted by molar-refractivity contribution is -0.383. The number of allylic oxidation sites excluding steroid dienone is 1. The van der Waals surface area contributed by atoms with Gasteiger partial charge in [0, 0.05) is 11.6 Å². The molecule has 1 heterocycles. The first-order chi connectivity index (χ1) is 12.5. The molecule has 2 aromatic carbocycles. The van der Waals surface area contributed by atoms with E-state index in [-0.39, 0.29) is 16.9 Å². The van der Waals surface area contributed by atoms with E-state index in [1.165, 1.54) is 25.3 Å². The number of fused-ring (bicyclic) bond motifs is 2. The van der Waals surface area contributed by atoms with Gasteiger partial charge in [0.2, 0.25) is 11.3 Å². The minimum Gasteiger partial charge on any atom is -0.467 e. The molecule has 1 N–H and O–H groups in total. The Labute approximate surface area is 148 Å². The van der Waals surface area contributed by atoms with Crippen LogP contribution in [0.3, 0.4) is 0 Å². The van der Waals surface area contributed by atoms with Gasteiger partial charge in [-0.05, 0) is 23.6 Å². The molecule has 0 amide bonds. The van der Waals surface area contributed by atoms with Crippen molar-refractivity contribution in [1.82, 2.24) is 0 Å². The van der Waals surface area contributed by atoms with Crippen LogP contribution in [-0.2, 0) is 16.0 Å². The number of carbonyl (C=O) groups excluding carboxylic acids is 2. The molecule has 1 aliphatic carbocycles. The molecule has 1 aliphatic heterocycles. The molecule has 4 rings (SSSR count). The Morgan fingerprint density at radius 2 is 1.92 bits per heavy atom. The van der Waals surface area contributed by atoms with Gasteiger partial charge in [-0.2, -0.15) is 0 Å². The first kappa shape index (κ1) is 16.0. The van der Waals surface area contributed by atoms with E-state index in [0.29, 0.717) is 12.0 Å². The average molecular weight is 350 g/mol. The van der Waals surface area contributed by atoms with Crippen molar-refractivity contribution in [3.8, 4) is 0 Å². The number of nitro benzene ring substituents is 1. The lowest BCUT2D eigenvalue weighted by Crippen LogP contribution is -2.51. The first-order valence-corrected chi connectivity index (χ1v) is 7.98. The smallest absolute Gasteiger partial charge is 0.344 e. The number of benzene rings is 2. The standard InChI is InChI=1S/C19H14N2O5/c1-26-18(23)19(14-10-9-11-5-2-3-6-12(11)14)17(22)13-7-4-8-15(21(24)25)16(13)20-19/h2-8,10,20H,9H2,1H3. The normalized spacial score (nSPS) is 20.0. The van der Waals surface area contributed by atoms with Gasteiger partial charge in [0.1, 0.15) is 5.69 Å². The third kappa shape index (κ3) is 1.94. The third-order valence-corrected chi connectivity index (χ3v) is 4.87. The minimum atomic E-state index is -1.82. The summed E-state index contributed by atoms with van der Waals surface area (Å²) in [6, 6.07) is 11.6. The summed E-state index contributed by atoms with van der Waals surface area (Å²) in [4.78, 5) is 36.8. The molecule has 0 fully saturated rings. The molecule has 1 unspecified atom stereocenters. The number of hydrogen-bond donors (Lipinski definition) is 1. The summed E-state index contributed by atoms with van der Waals surface area (Å²) >= 11 is 0. The van der Waals surface area contributed by atoms with Gasteiger partial charge in [-0.1, -0.05) is 36.4 Å². The van der Waals surface area contributed by atoms with Crippen molar-refractivity contribution in [2.24, 2.45) is 0 Å². The molecule has 0 saturated carbocycles. The predicted octanol–water partition coefficient (Wildman–Crippen LogP) is 2.75. The maximum Gasteiger partial charge on any atom is 0.344 e. The second-order valence-corrected chi connectivity index (χ2v) is 6.13. The number of nitro groups is 1. The Kier molecular flexibility index (Phi) is 3.40. The summed E-state index contributed by atoms with van der Waals surface area (Å²) in [5, 5.41) is 14.2. The number of para-hydroxylation sites is 1. The van der Waals surface area contributed by atoms with E-state index in [4.69, 9.17) is 4.74 Å². The van der Waals surface area contributed by atoms with Crippen molar-refractivity contribution in [1.29, 1.82) is 0 Å².